The molecular formula is C11H12Cl2FNO4S. The molecule has 1 unspecified atom stereocenters. The van der Waals surface area contributed by atoms with Gasteiger partial charge in [-0.3, -0.25) is 4.79 Å². The van der Waals surface area contributed by atoms with E-state index < -0.39 is 31.2 Å². The predicted molar refractivity (Wildman–Crippen MR) is 73.3 cm³/mol. The number of rotatable bonds is 5. The third-order valence-electron chi connectivity index (χ3n) is 2.46. The number of nitrogens with one attached hydrogen (secondary N) is 1. The van der Waals surface area contributed by atoms with Gasteiger partial charge in [0.1, 0.15) is 4.90 Å². The van der Waals surface area contributed by atoms with E-state index in [-0.39, 0.29) is 17.7 Å². The molecule has 20 heavy (non-hydrogen) atoms. The van der Waals surface area contributed by atoms with Gasteiger partial charge in [-0.2, -0.15) is 0 Å². The summed E-state index contributed by atoms with van der Waals surface area (Å²) in [5.74, 6) is -2.05. The lowest BCUT2D eigenvalue weighted by molar-refractivity contribution is 0.0866. The number of hydrogen-bond donors (Lipinski definition) is 1. The SMILES string of the molecule is COC(C)CNC(=O)c1cc(Cl)cc(S(=O)(=O)Cl)c1F. The van der Waals surface area contributed by atoms with E-state index in [1.807, 2.05) is 0 Å². The topological polar surface area (TPSA) is 72.5 Å². The summed E-state index contributed by atoms with van der Waals surface area (Å²) in [7, 11) is 2.20. The molecule has 1 atom stereocenters. The van der Waals surface area contributed by atoms with Crippen LogP contribution in [0.2, 0.25) is 5.02 Å². The molecule has 1 amide bonds. The Morgan fingerprint density at radius 3 is 2.60 bits per heavy atom. The molecule has 0 aliphatic heterocycles. The van der Waals surface area contributed by atoms with Crippen molar-refractivity contribution in [2.24, 2.45) is 0 Å². The van der Waals surface area contributed by atoms with E-state index in [9.17, 15) is 17.6 Å². The van der Waals surface area contributed by atoms with Gasteiger partial charge in [-0.1, -0.05) is 11.6 Å². The highest BCUT2D eigenvalue weighted by Crippen LogP contribution is 2.26. The van der Waals surface area contributed by atoms with Gasteiger partial charge in [0, 0.05) is 29.4 Å². The average molecular weight is 344 g/mol. The van der Waals surface area contributed by atoms with E-state index in [1.165, 1.54) is 7.11 Å². The van der Waals surface area contributed by atoms with Gasteiger partial charge in [0.2, 0.25) is 0 Å². The zero-order chi connectivity index (χ0) is 15.5. The smallest absolute Gasteiger partial charge is 0.264 e. The highest BCUT2D eigenvalue weighted by atomic mass is 35.7. The Morgan fingerprint density at radius 1 is 1.50 bits per heavy atom. The standard InChI is InChI=1S/C11H12Cl2FNO4S/c1-6(19-2)5-15-11(16)8-3-7(12)4-9(10(8)14)20(13,17)18/h3-4,6H,5H2,1-2H3,(H,15,16). The molecule has 0 bridgehead atoms. The van der Waals surface area contributed by atoms with E-state index in [1.54, 1.807) is 6.92 Å². The molecule has 0 spiro atoms. The Hall–Kier alpha value is -0.890. The summed E-state index contributed by atoms with van der Waals surface area (Å²) in [6.07, 6.45) is -0.280. The normalized spacial score (nSPS) is 13.1. The van der Waals surface area contributed by atoms with E-state index in [0.717, 1.165) is 12.1 Å². The molecule has 0 aliphatic carbocycles. The fourth-order valence-electron chi connectivity index (χ4n) is 1.32. The summed E-state index contributed by atoms with van der Waals surface area (Å²) in [6, 6.07) is 1.86. The van der Waals surface area contributed by atoms with Gasteiger partial charge < -0.3 is 10.1 Å². The van der Waals surface area contributed by atoms with Crippen molar-refractivity contribution in [2.45, 2.75) is 17.9 Å². The van der Waals surface area contributed by atoms with E-state index >= 15 is 0 Å². The number of amides is 1. The van der Waals surface area contributed by atoms with Crippen molar-refractivity contribution in [3.8, 4) is 0 Å². The van der Waals surface area contributed by atoms with E-state index in [2.05, 4.69) is 5.32 Å². The molecule has 9 heteroatoms. The molecule has 0 fully saturated rings. The first-order valence-electron chi connectivity index (χ1n) is 5.41. The number of carbonyl (C=O) groups excluding carboxylic acids is 1. The lowest BCUT2D eigenvalue weighted by atomic mass is 10.2. The number of ether oxygens (including phenoxy) is 1. The van der Waals surface area contributed by atoms with Gasteiger partial charge in [-0.25, -0.2) is 12.8 Å². The summed E-state index contributed by atoms with van der Waals surface area (Å²) in [5, 5.41) is 2.28. The van der Waals surface area contributed by atoms with Gasteiger partial charge in [0.25, 0.3) is 15.0 Å². The maximum Gasteiger partial charge on any atom is 0.264 e. The second kappa shape index (κ2) is 6.71. The molecule has 0 aliphatic rings. The molecule has 0 aromatic heterocycles. The van der Waals surface area contributed by atoms with Crippen LogP contribution in [0.25, 0.3) is 0 Å². The largest absolute Gasteiger partial charge is 0.380 e. The molecule has 0 saturated carbocycles. The van der Waals surface area contributed by atoms with E-state index in [0.29, 0.717) is 0 Å². The molecule has 112 valence electrons. The third kappa shape index (κ3) is 4.31. The summed E-state index contributed by atoms with van der Waals surface area (Å²) in [5.41, 5.74) is -0.500. The fraction of sp³-hybridized carbons (Fsp3) is 0.364. The minimum atomic E-state index is -4.34. The number of halogens is 3. The minimum Gasteiger partial charge on any atom is -0.380 e. The third-order valence-corrected chi connectivity index (χ3v) is 4.00. The number of benzene rings is 1. The fourth-order valence-corrected chi connectivity index (χ4v) is 2.53. The van der Waals surface area contributed by atoms with Crippen molar-refractivity contribution in [2.75, 3.05) is 13.7 Å². The lowest BCUT2D eigenvalue weighted by Gasteiger charge is -2.12. The first kappa shape index (κ1) is 17.2. The minimum absolute atomic E-state index is 0.115. The molecule has 1 N–H and O–H groups in total. The van der Waals surface area contributed by atoms with Crippen molar-refractivity contribution in [1.29, 1.82) is 0 Å². The first-order valence-corrected chi connectivity index (χ1v) is 8.10. The van der Waals surface area contributed by atoms with Gasteiger partial charge >= 0.3 is 0 Å². The highest BCUT2D eigenvalue weighted by molar-refractivity contribution is 8.13. The van der Waals surface area contributed by atoms with Crippen LogP contribution in [0.4, 0.5) is 4.39 Å². The van der Waals surface area contributed by atoms with Crippen LogP contribution in [-0.2, 0) is 13.8 Å². The van der Waals surface area contributed by atoms with Crippen molar-refractivity contribution >= 4 is 37.2 Å². The zero-order valence-electron chi connectivity index (χ0n) is 10.6. The van der Waals surface area contributed by atoms with Crippen LogP contribution >= 0.6 is 22.3 Å². The molecule has 1 rings (SSSR count). The van der Waals surface area contributed by atoms with Gasteiger partial charge in [0.05, 0.1) is 11.7 Å². The highest BCUT2D eigenvalue weighted by Gasteiger charge is 2.23. The van der Waals surface area contributed by atoms with Crippen molar-refractivity contribution in [1.82, 2.24) is 5.32 Å². The Morgan fingerprint density at radius 2 is 2.10 bits per heavy atom. The van der Waals surface area contributed by atoms with Crippen LogP contribution in [0.3, 0.4) is 0 Å². The average Bonchev–Trinajstić information content (AvgIpc) is 2.36. The van der Waals surface area contributed by atoms with Gasteiger partial charge in [0.15, 0.2) is 5.82 Å². The molecular weight excluding hydrogens is 332 g/mol. The maximum atomic E-state index is 14.0. The summed E-state index contributed by atoms with van der Waals surface area (Å²) in [6.45, 7) is 1.83. The van der Waals surface area contributed by atoms with Crippen molar-refractivity contribution in [3.05, 3.63) is 28.5 Å². The number of carbonyl (C=O) groups is 1. The quantitative estimate of drug-likeness (QED) is 0.831. The van der Waals surface area contributed by atoms with Crippen LogP contribution in [-0.4, -0.2) is 34.1 Å². The molecule has 1 aromatic rings. The van der Waals surface area contributed by atoms with Gasteiger partial charge in [-0.05, 0) is 19.1 Å². The maximum absolute atomic E-state index is 14.0. The zero-order valence-corrected chi connectivity index (χ0v) is 12.9. The summed E-state index contributed by atoms with van der Waals surface area (Å²) >= 11 is 5.67. The lowest BCUT2D eigenvalue weighted by Crippen LogP contribution is -2.32. The van der Waals surface area contributed by atoms with Crippen LogP contribution in [0.5, 0.6) is 0 Å². The van der Waals surface area contributed by atoms with Crippen LogP contribution in [0.15, 0.2) is 17.0 Å². The van der Waals surface area contributed by atoms with E-state index in [4.69, 9.17) is 27.0 Å². The van der Waals surface area contributed by atoms with Crippen molar-refractivity contribution < 1.29 is 22.3 Å². The molecule has 1 aromatic carbocycles. The summed E-state index contributed by atoms with van der Waals surface area (Å²) < 4.78 is 41.3. The van der Waals surface area contributed by atoms with Crippen LogP contribution in [0.1, 0.15) is 17.3 Å². The molecule has 0 saturated heterocycles. The monoisotopic (exact) mass is 343 g/mol. The molecule has 0 radical (unpaired) electrons. The Kier molecular flexibility index (Phi) is 5.76. The van der Waals surface area contributed by atoms with Crippen LogP contribution < -0.4 is 5.32 Å². The van der Waals surface area contributed by atoms with Crippen molar-refractivity contribution in [3.63, 3.8) is 0 Å². The molecule has 0 heterocycles. The van der Waals surface area contributed by atoms with Crippen LogP contribution in [0, 0.1) is 5.82 Å². The first-order chi connectivity index (χ1) is 9.16. The number of methoxy groups -OCH3 is 1. The second-order valence-electron chi connectivity index (χ2n) is 3.96. The summed E-state index contributed by atoms with van der Waals surface area (Å²) in [4.78, 5) is 11.0. The predicted octanol–water partition coefficient (Wildman–Crippen LogP) is 2.17. The number of hydrogen-bond acceptors (Lipinski definition) is 4. The Bertz CT molecular complexity index is 621. The second-order valence-corrected chi connectivity index (χ2v) is 6.93. The Balaban J connectivity index is 3.13. The Labute approximate surface area is 125 Å². The molecule has 5 nitrogen and oxygen atoms in total. The van der Waals surface area contributed by atoms with Gasteiger partial charge in [-0.15, -0.1) is 0 Å².